The van der Waals surface area contributed by atoms with Gasteiger partial charge in [-0.15, -0.1) is 0 Å². The second-order valence-electron chi connectivity index (χ2n) is 5.48. The third kappa shape index (κ3) is 4.59. The lowest BCUT2D eigenvalue weighted by Crippen LogP contribution is -2.34. The van der Waals surface area contributed by atoms with Crippen LogP contribution in [0.2, 0.25) is 0 Å². The monoisotopic (exact) mass is 286 g/mol. The van der Waals surface area contributed by atoms with E-state index >= 15 is 0 Å². The zero-order chi connectivity index (χ0) is 15.2. The van der Waals surface area contributed by atoms with Gasteiger partial charge in [0.05, 0.1) is 5.56 Å². The molecule has 0 spiro atoms. The van der Waals surface area contributed by atoms with E-state index in [1.54, 1.807) is 6.07 Å². The van der Waals surface area contributed by atoms with Crippen molar-refractivity contribution in [3.05, 3.63) is 34.9 Å². The molecule has 1 aliphatic carbocycles. The molecule has 0 saturated heterocycles. The van der Waals surface area contributed by atoms with Gasteiger partial charge in [0, 0.05) is 24.7 Å². The van der Waals surface area contributed by atoms with Crippen molar-refractivity contribution in [1.82, 2.24) is 10.2 Å². The van der Waals surface area contributed by atoms with Crippen molar-refractivity contribution in [2.24, 2.45) is 0 Å². The Kier molecular flexibility index (Phi) is 5.38. The van der Waals surface area contributed by atoms with E-state index in [2.05, 4.69) is 29.1 Å². The molecule has 0 aliphatic heterocycles. The molecule has 0 radical (unpaired) electrons. The number of hydrogen-bond donors (Lipinski definition) is 2. The molecular weight excluding hydrogens is 264 g/mol. The van der Waals surface area contributed by atoms with Crippen LogP contribution in [-0.2, 0) is 0 Å². The van der Waals surface area contributed by atoms with Gasteiger partial charge in [-0.3, -0.25) is 4.79 Å². The third-order valence-corrected chi connectivity index (χ3v) is 3.64. The average molecular weight is 286 g/mol. The Hall–Kier alpha value is -1.83. The minimum Gasteiger partial charge on any atom is -0.384 e. The molecule has 0 bridgehead atoms. The Morgan fingerprint density at radius 3 is 2.90 bits per heavy atom. The van der Waals surface area contributed by atoms with Crippen molar-refractivity contribution in [3.8, 4) is 11.8 Å². The molecule has 2 N–H and O–H groups in total. The molecule has 1 saturated carbocycles. The summed E-state index contributed by atoms with van der Waals surface area (Å²) >= 11 is 0. The maximum atomic E-state index is 12.2. The summed E-state index contributed by atoms with van der Waals surface area (Å²) in [5.41, 5.74) is 2.27. The standard InChI is InChI=1S/C17H22N2O2/c1-13-5-8-16(14(12-13)4-3-11-20)17(21)18-9-10-19(2)15-6-7-15/h5,8,12,15,20H,6-7,9-11H2,1-2H3,(H,18,21). The highest BCUT2D eigenvalue weighted by Gasteiger charge is 2.25. The van der Waals surface area contributed by atoms with Crippen LogP contribution < -0.4 is 5.32 Å². The number of nitrogens with one attached hydrogen (secondary N) is 1. The first kappa shape index (κ1) is 15.6. The summed E-state index contributed by atoms with van der Waals surface area (Å²) in [4.78, 5) is 14.5. The third-order valence-electron chi connectivity index (χ3n) is 3.64. The number of amides is 1. The number of aryl methyl sites for hydroxylation is 1. The SMILES string of the molecule is Cc1ccc(C(=O)NCCN(C)C2CC2)c(C#CCO)c1. The number of hydrogen-bond acceptors (Lipinski definition) is 3. The van der Waals surface area contributed by atoms with Crippen molar-refractivity contribution in [3.63, 3.8) is 0 Å². The van der Waals surface area contributed by atoms with E-state index in [9.17, 15) is 4.79 Å². The fourth-order valence-corrected chi connectivity index (χ4v) is 2.23. The molecule has 0 heterocycles. The van der Waals surface area contributed by atoms with Crippen molar-refractivity contribution in [2.75, 3.05) is 26.7 Å². The maximum Gasteiger partial charge on any atom is 0.252 e. The van der Waals surface area contributed by atoms with E-state index in [0.717, 1.165) is 12.1 Å². The lowest BCUT2D eigenvalue weighted by atomic mass is 10.0. The quantitative estimate of drug-likeness (QED) is 0.799. The van der Waals surface area contributed by atoms with Gasteiger partial charge in [0.15, 0.2) is 0 Å². The second kappa shape index (κ2) is 7.26. The predicted molar refractivity (Wildman–Crippen MR) is 83.1 cm³/mol. The van der Waals surface area contributed by atoms with Crippen LogP contribution in [0.15, 0.2) is 18.2 Å². The van der Waals surface area contributed by atoms with Crippen LogP contribution in [0.5, 0.6) is 0 Å². The van der Waals surface area contributed by atoms with Crippen molar-refractivity contribution < 1.29 is 9.90 Å². The highest BCUT2D eigenvalue weighted by Crippen LogP contribution is 2.24. The molecule has 1 fully saturated rings. The predicted octanol–water partition coefficient (Wildman–Crippen LogP) is 1.16. The summed E-state index contributed by atoms with van der Waals surface area (Å²) in [6.07, 6.45) is 2.53. The van der Waals surface area contributed by atoms with Crippen molar-refractivity contribution in [2.45, 2.75) is 25.8 Å². The highest BCUT2D eigenvalue weighted by molar-refractivity contribution is 5.96. The number of carbonyl (C=O) groups is 1. The van der Waals surface area contributed by atoms with Gasteiger partial charge < -0.3 is 15.3 Å². The fourth-order valence-electron chi connectivity index (χ4n) is 2.23. The van der Waals surface area contributed by atoms with Crippen LogP contribution in [-0.4, -0.2) is 48.7 Å². The van der Waals surface area contributed by atoms with Crippen LogP contribution in [0.3, 0.4) is 0 Å². The van der Waals surface area contributed by atoms with E-state index < -0.39 is 0 Å². The Morgan fingerprint density at radius 2 is 2.24 bits per heavy atom. The summed E-state index contributed by atoms with van der Waals surface area (Å²) in [5, 5.41) is 11.7. The summed E-state index contributed by atoms with van der Waals surface area (Å²) in [5.74, 6) is 5.33. The topological polar surface area (TPSA) is 52.6 Å². The van der Waals surface area contributed by atoms with Gasteiger partial charge in [0.2, 0.25) is 0 Å². The van der Waals surface area contributed by atoms with Crippen LogP contribution in [0.25, 0.3) is 0 Å². The van der Waals surface area contributed by atoms with Gasteiger partial charge >= 0.3 is 0 Å². The number of nitrogens with zero attached hydrogens (tertiary/aromatic N) is 1. The van der Waals surface area contributed by atoms with E-state index in [1.807, 2.05) is 19.1 Å². The largest absolute Gasteiger partial charge is 0.384 e. The summed E-state index contributed by atoms with van der Waals surface area (Å²) < 4.78 is 0. The molecule has 1 aromatic rings. The lowest BCUT2D eigenvalue weighted by molar-refractivity contribution is 0.0949. The van der Waals surface area contributed by atoms with Crippen molar-refractivity contribution in [1.29, 1.82) is 0 Å². The maximum absolute atomic E-state index is 12.2. The first-order valence-corrected chi connectivity index (χ1v) is 7.30. The van der Waals surface area contributed by atoms with Gasteiger partial charge in [-0.05, 0) is 44.5 Å². The van der Waals surface area contributed by atoms with Gasteiger partial charge in [0.25, 0.3) is 5.91 Å². The Bertz CT molecular complexity index is 568. The van der Waals surface area contributed by atoms with E-state index in [1.165, 1.54) is 12.8 Å². The lowest BCUT2D eigenvalue weighted by Gasteiger charge is -2.16. The number of rotatable bonds is 5. The molecule has 112 valence electrons. The molecule has 0 aromatic heterocycles. The molecular formula is C17H22N2O2. The molecule has 1 aromatic carbocycles. The number of benzene rings is 1. The molecule has 4 nitrogen and oxygen atoms in total. The minimum absolute atomic E-state index is 0.110. The van der Waals surface area contributed by atoms with Gasteiger partial charge in [-0.1, -0.05) is 17.9 Å². The van der Waals surface area contributed by atoms with Crippen LogP contribution in [0, 0.1) is 18.8 Å². The molecule has 2 rings (SSSR count). The molecule has 1 amide bonds. The van der Waals surface area contributed by atoms with E-state index in [4.69, 9.17) is 5.11 Å². The zero-order valence-electron chi connectivity index (χ0n) is 12.6. The van der Waals surface area contributed by atoms with E-state index in [-0.39, 0.29) is 12.5 Å². The van der Waals surface area contributed by atoms with E-state index in [0.29, 0.717) is 23.7 Å². The Morgan fingerprint density at radius 1 is 1.48 bits per heavy atom. The first-order chi connectivity index (χ1) is 10.1. The first-order valence-electron chi connectivity index (χ1n) is 7.30. The normalized spacial score (nSPS) is 13.7. The van der Waals surface area contributed by atoms with Crippen LogP contribution >= 0.6 is 0 Å². The summed E-state index contributed by atoms with van der Waals surface area (Å²) in [6, 6.07) is 6.26. The molecule has 0 atom stereocenters. The van der Waals surface area contributed by atoms with Crippen LogP contribution in [0.4, 0.5) is 0 Å². The van der Waals surface area contributed by atoms with Crippen molar-refractivity contribution >= 4 is 5.91 Å². The average Bonchev–Trinajstić information content (AvgIpc) is 3.29. The molecule has 21 heavy (non-hydrogen) atoms. The smallest absolute Gasteiger partial charge is 0.252 e. The second-order valence-corrected chi connectivity index (χ2v) is 5.48. The number of aliphatic hydroxyl groups excluding tert-OH is 1. The number of aliphatic hydroxyl groups is 1. The Labute approximate surface area is 126 Å². The highest BCUT2D eigenvalue weighted by atomic mass is 16.2. The fraction of sp³-hybridized carbons (Fsp3) is 0.471. The molecule has 1 aliphatic rings. The Balaban J connectivity index is 1.97. The zero-order valence-corrected chi connectivity index (χ0v) is 12.6. The number of likely N-dealkylation sites (N-methyl/N-ethyl adjacent to an activating group) is 1. The number of carbonyl (C=O) groups excluding carboxylic acids is 1. The summed E-state index contributed by atoms with van der Waals surface area (Å²) in [7, 11) is 2.09. The van der Waals surface area contributed by atoms with Crippen LogP contribution in [0.1, 0.15) is 34.3 Å². The minimum atomic E-state index is -0.207. The summed E-state index contributed by atoms with van der Waals surface area (Å²) in [6.45, 7) is 3.24. The molecule has 0 unspecified atom stereocenters. The van der Waals surface area contributed by atoms with Gasteiger partial charge in [-0.2, -0.15) is 0 Å². The molecule has 4 heteroatoms. The van der Waals surface area contributed by atoms with Gasteiger partial charge in [0.1, 0.15) is 6.61 Å². The van der Waals surface area contributed by atoms with Gasteiger partial charge in [-0.25, -0.2) is 0 Å².